The lowest BCUT2D eigenvalue weighted by molar-refractivity contribution is -0.163. The van der Waals surface area contributed by atoms with Gasteiger partial charge >= 0.3 is 5.97 Å². The fourth-order valence-corrected chi connectivity index (χ4v) is 6.29. The first-order valence-corrected chi connectivity index (χ1v) is 16.0. The molecule has 5 N–H and O–H groups in total. The third-order valence-corrected chi connectivity index (χ3v) is 8.84. The van der Waals surface area contributed by atoms with Crippen LogP contribution in [0.4, 0.5) is 8.78 Å². The molecule has 2 aromatic carbocycles. The van der Waals surface area contributed by atoms with Gasteiger partial charge in [-0.1, -0.05) is 13.8 Å². The van der Waals surface area contributed by atoms with Crippen molar-refractivity contribution >= 4 is 23.6 Å². The summed E-state index contributed by atoms with van der Waals surface area (Å²) in [6, 6.07) is 3.59. The summed E-state index contributed by atoms with van der Waals surface area (Å²) in [6.07, 6.45) is -2.07. The summed E-state index contributed by atoms with van der Waals surface area (Å²) in [4.78, 5) is 55.1. The number of hydrazine groups is 1. The Morgan fingerprint density at radius 1 is 0.959 bits per heavy atom. The molecule has 4 rings (SSSR count). The lowest BCUT2D eigenvalue weighted by Gasteiger charge is -2.38. The van der Waals surface area contributed by atoms with E-state index in [1.54, 1.807) is 0 Å². The zero-order chi connectivity index (χ0) is 36.0. The molecule has 15 heteroatoms. The quantitative estimate of drug-likeness (QED) is 0.137. The number of carbonyl (C=O) groups excluding carboxylic acids is 3. The van der Waals surface area contributed by atoms with Crippen molar-refractivity contribution in [3.05, 3.63) is 59.2 Å². The molecule has 0 bridgehead atoms. The third kappa shape index (κ3) is 9.09. The molecule has 13 nitrogen and oxygen atoms in total. The Bertz CT molecular complexity index is 1490. The molecule has 0 aromatic heterocycles. The number of Topliss-reactive ketones (excluding diaryl/α,β-unsaturated/α-hetero) is 1. The number of halogens is 2. The molecule has 49 heavy (non-hydrogen) atoms. The number of aliphatic hydroxyl groups excluding tert-OH is 1. The van der Waals surface area contributed by atoms with Gasteiger partial charge in [0.2, 0.25) is 5.91 Å². The molecule has 2 aliphatic rings. The maximum atomic E-state index is 14.5. The van der Waals surface area contributed by atoms with Crippen molar-refractivity contribution in [1.29, 1.82) is 0 Å². The van der Waals surface area contributed by atoms with E-state index in [2.05, 4.69) is 5.43 Å². The van der Waals surface area contributed by atoms with E-state index < -0.39 is 71.1 Å². The molecule has 0 saturated heterocycles. The van der Waals surface area contributed by atoms with E-state index >= 15 is 0 Å². The van der Waals surface area contributed by atoms with Crippen LogP contribution in [0.3, 0.4) is 0 Å². The van der Waals surface area contributed by atoms with Gasteiger partial charge < -0.3 is 34.9 Å². The van der Waals surface area contributed by atoms with E-state index in [1.807, 2.05) is 0 Å². The first-order chi connectivity index (χ1) is 23.2. The molecule has 2 aromatic rings. The van der Waals surface area contributed by atoms with Gasteiger partial charge in [-0.15, -0.1) is 0 Å². The monoisotopic (exact) mass is 691 g/mol. The van der Waals surface area contributed by atoms with Gasteiger partial charge in [0, 0.05) is 37.8 Å². The van der Waals surface area contributed by atoms with Gasteiger partial charge in [0.05, 0.1) is 18.3 Å². The minimum atomic E-state index is -2.08. The van der Waals surface area contributed by atoms with Gasteiger partial charge in [0.25, 0.3) is 5.91 Å². The van der Waals surface area contributed by atoms with Gasteiger partial charge in [-0.05, 0) is 67.5 Å². The molecule has 1 aliphatic carbocycles. The molecule has 1 heterocycles. The summed E-state index contributed by atoms with van der Waals surface area (Å²) < 4.78 is 50.0. The Balaban J connectivity index is 1.75. The van der Waals surface area contributed by atoms with Crippen LogP contribution in [0.25, 0.3) is 0 Å². The lowest BCUT2D eigenvalue weighted by atomic mass is 9.84. The van der Waals surface area contributed by atoms with Crippen molar-refractivity contribution in [3.63, 3.8) is 0 Å². The number of ether oxygens (including phenoxy) is 4. The highest BCUT2D eigenvalue weighted by Crippen LogP contribution is 2.33. The van der Waals surface area contributed by atoms with E-state index in [1.165, 1.54) is 46.3 Å². The van der Waals surface area contributed by atoms with Crippen LogP contribution in [0.5, 0.6) is 11.5 Å². The Kier molecular flexibility index (Phi) is 12.7. The van der Waals surface area contributed by atoms with E-state index in [0.717, 1.165) is 12.1 Å². The number of fused-ring (bicyclic) bond motifs is 1. The molecule has 1 fully saturated rings. The number of amides is 2. The summed E-state index contributed by atoms with van der Waals surface area (Å²) in [5, 5.41) is 22.4. The molecule has 0 spiro atoms. The highest BCUT2D eigenvalue weighted by atomic mass is 19.1. The molecule has 268 valence electrons. The number of nitrogens with one attached hydrogen (secondary N) is 1. The Morgan fingerprint density at radius 2 is 1.55 bits per heavy atom. The first-order valence-electron chi connectivity index (χ1n) is 16.0. The molecule has 7 atom stereocenters. The number of carboxylic acids is 1. The lowest BCUT2D eigenvalue weighted by Crippen LogP contribution is -2.62. The number of aliphatic carboxylic acids is 1. The number of aliphatic hydroxyl groups is 1. The van der Waals surface area contributed by atoms with E-state index in [0.29, 0.717) is 23.2 Å². The average molecular weight is 692 g/mol. The smallest absolute Gasteiger partial charge is 0.328 e. The number of benzene rings is 2. The van der Waals surface area contributed by atoms with Gasteiger partial charge in [0.15, 0.2) is 23.3 Å². The predicted molar refractivity (Wildman–Crippen MR) is 169 cm³/mol. The number of rotatable bonds is 13. The highest BCUT2D eigenvalue weighted by molar-refractivity contribution is 6.11. The van der Waals surface area contributed by atoms with E-state index in [4.69, 9.17) is 24.7 Å². The van der Waals surface area contributed by atoms with Crippen LogP contribution in [0, 0.1) is 29.4 Å². The third-order valence-electron chi connectivity index (χ3n) is 8.84. The Labute approximate surface area is 282 Å². The predicted octanol–water partition coefficient (Wildman–Crippen LogP) is 2.26. The van der Waals surface area contributed by atoms with Crippen molar-refractivity contribution in [2.24, 2.45) is 23.5 Å². The van der Waals surface area contributed by atoms with Crippen molar-refractivity contribution in [3.8, 4) is 11.5 Å². The van der Waals surface area contributed by atoms with Crippen LogP contribution in [-0.2, 0) is 30.3 Å². The van der Waals surface area contributed by atoms with Crippen LogP contribution in [0.15, 0.2) is 36.4 Å². The van der Waals surface area contributed by atoms with Gasteiger partial charge in [-0.3, -0.25) is 19.8 Å². The standard InChI is InChI=1S/C34H43F2N3O10/c1-17(2)29(34(44)45)39(38-32(42)20-12-23(46-3)16-24(13-20)47-4)33(43)28(30(40)19-5-6-26-27(14-19)49-8-7-48-26)31(41)25(37)11-18-9-21(35)15-22(36)10-18/h5-6,9-10,14-15,17,20,23-25,28-29,31,41H,7-8,11-13,16,37H2,1-4H3,(H,38,42)(H,44,45)/t20?,23-,24+,25-,28?,29-,31+/m0/s1. The second-order valence-corrected chi connectivity index (χ2v) is 12.7. The summed E-state index contributed by atoms with van der Waals surface area (Å²) >= 11 is 0. The Morgan fingerprint density at radius 3 is 2.10 bits per heavy atom. The molecular formula is C34H43F2N3O10. The van der Waals surface area contributed by atoms with Crippen molar-refractivity contribution in [1.82, 2.24) is 10.4 Å². The molecule has 0 radical (unpaired) electrons. The minimum absolute atomic E-state index is 0.0375. The summed E-state index contributed by atoms with van der Waals surface area (Å²) in [5.41, 5.74) is 8.67. The summed E-state index contributed by atoms with van der Waals surface area (Å²) in [5.74, 6) is -9.34. The van der Waals surface area contributed by atoms with Crippen molar-refractivity contribution in [2.75, 3.05) is 27.4 Å². The number of carboxylic acid groups (broad SMARTS) is 1. The van der Waals surface area contributed by atoms with Crippen LogP contribution in [0.1, 0.15) is 49.0 Å². The number of nitrogens with zero attached hydrogens (tertiary/aromatic N) is 1. The Hall–Kier alpha value is -4.18. The first kappa shape index (κ1) is 37.6. The molecule has 1 saturated carbocycles. The normalized spacial score (nSPS) is 21.3. The number of methoxy groups -OCH3 is 2. The second-order valence-electron chi connectivity index (χ2n) is 12.7. The second kappa shape index (κ2) is 16.5. The fourth-order valence-electron chi connectivity index (χ4n) is 6.29. The number of carbonyl (C=O) groups is 4. The zero-order valence-corrected chi connectivity index (χ0v) is 27.8. The summed E-state index contributed by atoms with van der Waals surface area (Å²) in [6.45, 7) is 3.47. The van der Waals surface area contributed by atoms with E-state index in [9.17, 15) is 38.2 Å². The molecule has 2 unspecified atom stereocenters. The largest absolute Gasteiger partial charge is 0.486 e. The van der Waals surface area contributed by atoms with Crippen LogP contribution in [0.2, 0.25) is 0 Å². The van der Waals surface area contributed by atoms with Gasteiger partial charge in [-0.2, -0.15) is 0 Å². The van der Waals surface area contributed by atoms with Crippen LogP contribution < -0.4 is 20.6 Å². The topological polar surface area (TPSA) is 187 Å². The number of ketones is 1. The SMILES string of the molecule is CO[C@@H]1CC(C(=O)NN(C(=O)C(C(=O)c2ccc3c(c2)OCCO3)[C@H](O)[C@@H](N)Cc2cc(F)cc(F)c2)[C@H](C(=O)O)C(C)C)C[C@H](OC)C1. The number of hydrogen-bond acceptors (Lipinski definition) is 10. The molecular weight excluding hydrogens is 648 g/mol. The number of nitrogens with two attached hydrogens (primary N) is 1. The van der Waals surface area contributed by atoms with Gasteiger partial charge in [0.1, 0.15) is 30.8 Å². The molecule has 1 aliphatic heterocycles. The highest BCUT2D eigenvalue weighted by Gasteiger charge is 2.46. The molecule has 2 amide bonds. The summed E-state index contributed by atoms with van der Waals surface area (Å²) in [7, 11) is 2.98. The van der Waals surface area contributed by atoms with Crippen LogP contribution in [-0.4, -0.2) is 96.6 Å². The maximum Gasteiger partial charge on any atom is 0.328 e. The zero-order valence-electron chi connectivity index (χ0n) is 27.8. The maximum absolute atomic E-state index is 14.5. The number of hydrogen-bond donors (Lipinski definition) is 4. The van der Waals surface area contributed by atoms with E-state index in [-0.39, 0.29) is 61.6 Å². The fraction of sp³-hybridized carbons (Fsp3) is 0.529. The minimum Gasteiger partial charge on any atom is -0.486 e. The van der Waals surface area contributed by atoms with Crippen molar-refractivity contribution in [2.45, 2.75) is 69.9 Å². The average Bonchev–Trinajstić information content (AvgIpc) is 3.06. The van der Waals surface area contributed by atoms with Gasteiger partial charge in [-0.25, -0.2) is 18.6 Å². The van der Waals surface area contributed by atoms with Crippen LogP contribution >= 0.6 is 0 Å². The van der Waals surface area contributed by atoms with Crippen molar-refractivity contribution < 1.29 is 57.1 Å².